The molecule has 27 heavy (non-hydrogen) atoms. The highest BCUT2D eigenvalue weighted by molar-refractivity contribution is 7.13. The van der Waals surface area contributed by atoms with E-state index in [1.807, 2.05) is 6.07 Å². The average Bonchev–Trinajstić information content (AvgIpc) is 3.24. The van der Waals surface area contributed by atoms with Crippen LogP contribution in [0.2, 0.25) is 0 Å². The maximum atomic E-state index is 12.7. The third-order valence-electron chi connectivity index (χ3n) is 5.98. The van der Waals surface area contributed by atoms with Gasteiger partial charge < -0.3 is 14.8 Å². The molecule has 0 spiro atoms. The van der Waals surface area contributed by atoms with Crippen LogP contribution >= 0.6 is 11.3 Å². The van der Waals surface area contributed by atoms with Gasteiger partial charge in [0, 0.05) is 17.9 Å². The SMILES string of the molecule is O=C(NCC1(c2ccc3c(c2)OCCO3)CCCC1)c1cnc(C2CC2)s1. The van der Waals surface area contributed by atoms with Gasteiger partial charge in [0.05, 0.1) is 11.2 Å². The van der Waals surface area contributed by atoms with E-state index in [2.05, 4.69) is 22.4 Å². The Morgan fingerprint density at radius 2 is 1.96 bits per heavy atom. The second-order valence-corrected chi connectivity index (χ2v) is 8.93. The van der Waals surface area contributed by atoms with Crippen molar-refractivity contribution < 1.29 is 14.3 Å². The number of amides is 1. The van der Waals surface area contributed by atoms with Gasteiger partial charge in [0.25, 0.3) is 5.91 Å². The molecule has 1 N–H and O–H groups in total. The average molecular weight is 385 g/mol. The number of nitrogens with zero attached hydrogens (tertiary/aromatic N) is 1. The first kappa shape index (κ1) is 17.0. The van der Waals surface area contributed by atoms with Gasteiger partial charge in [-0.05, 0) is 43.4 Å². The van der Waals surface area contributed by atoms with Crippen molar-refractivity contribution in [2.75, 3.05) is 19.8 Å². The molecule has 0 radical (unpaired) electrons. The van der Waals surface area contributed by atoms with Crippen LogP contribution in [0.15, 0.2) is 24.4 Å². The molecule has 2 heterocycles. The van der Waals surface area contributed by atoms with Gasteiger partial charge in [-0.15, -0.1) is 11.3 Å². The fraction of sp³-hybridized carbons (Fsp3) is 0.524. The molecule has 0 atom stereocenters. The molecule has 142 valence electrons. The molecule has 1 aromatic carbocycles. The van der Waals surface area contributed by atoms with Crippen LogP contribution in [-0.2, 0) is 5.41 Å². The molecule has 1 aromatic heterocycles. The number of ether oxygens (including phenoxy) is 2. The zero-order chi connectivity index (χ0) is 18.3. The molecular weight excluding hydrogens is 360 g/mol. The highest BCUT2D eigenvalue weighted by Gasteiger charge is 2.37. The largest absolute Gasteiger partial charge is 0.486 e. The molecule has 3 aliphatic rings. The molecule has 5 rings (SSSR count). The van der Waals surface area contributed by atoms with Crippen LogP contribution in [0.5, 0.6) is 11.5 Å². The van der Waals surface area contributed by atoms with E-state index in [0.717, 1.165) is 34.2 Å². The van der Waals surface area contributed by atoms with Crippen LogP contribution in [0.1, 0.15) is 64.7 Å². The Bertz CT molecular complexity index is 853. The molecular formula is C21H24N2O3S. The lowest BCUT2D eigenvalue weighted by molar-refractivity contribution is 0.0947. The number of benzene rings is 1. The second-order valence-electron chi connectivity index (χ2n) is 7.87. The number of thiazole rings is 1. The molecule has 5 nitrogen and oxygen atoms in total. The monoisotopic (exact) mass is 384 g/mol. The predicted molar refractivity (Wildman–Crippen MR) is 104 cm³/mol. The van der Waals surface area contributed by atoms with Gasteiger partial charge in [-0.3, -0.25) is 4.79 Å². The molecule has 0 saturated heterocycles. The summed E-state index contributed by atoms with van der Waals surface area (Å²) < 4.78 is 11.4. The molecule has 2 fully saturated rings. The number of aromatic nitrogens is 1. The lowest BCUT2D eigenvalue weighted by atomic mass is 9.78. The van der Waals surface area contributed by atoms with Gasteiger partial charge >= 0.3 is 0 Å². The molecule has 2 aromatic rings. The molecule has 2 saturated carbocycles. The summed E-state index contributed by atoms with van der Waals surface area (Å²) in [5, 5.41) is 4.31. The van der Waals surface area contributed by atoms with Crippen LogP contribution in [0.4, 0.5) is 0 Å². The van der Waals surface area contributed by atoms with Gasteiger partial charge in [0.2, 0.25) is 0 Å². The number of carbonyl (C=O) groups is 1. The summed E-state index contributed by atoms with van der Waals surface area (Å²) in [4.78, 5) is 17.8. The lowest BCUT2D eigenvalue weighted by Gasteiger charge is -2.31. The maximum absolute atomic E-state index is 12.7. The van der Waals surface area contributed by atoms with E-state index in [9.17, 15) is 4.79 Å². The molecule has 6 heteroatoms. The van der Waals surface area contributed by atoms with Gasteiger partial charge in [0.1, 0.15) is 18.1 Å². The first-order valence-corrected chi connectivity index (χ1v) is 10.7. The zero-order valence-corrected chi connectivity index (χ0v) is 16.1. The van der Waals surface area contributed by atoms with Crippen LogP contribution in [0, 0.1) is 0 Å². The van der Waals surface area contributed by atoms with Crippen molar-refractivity contribution in [3.8, 4) is 11.5 Å². The van der Waals surface area contributed by atoms with Crippen molar-refractivity contribution in [1.82, 2.24) is 10.3 Å². The maximum Gasteiger partial charge on any atom is 0.263 e. The molecule has 2 aliphatic carbocycles. The van der Waals surface area contributed by atoms with E-state index in [1.54, 1.807) is 17.5 Å². The first-order valence-electron chi connectivity index (χ1n) is 9.88. The quantitative estimate of drug-likeness (QED) is 0.845. The molecule has 1 aliphatic heterocycles. The minimum absolute atomic E-state index is 0.00298. The van der Waals surface area contributed by atoms with E-state index in [4.69, 9.17) is 9.47 Å². The number of nitrogens with one attached hydrogen (secondary N) is 1. The van der Waals surface area contributed by atoms with Crippen LogP contribution < -0.4 is 14.8 Å². The summed E-state index contributed by atoms with van der Waals surface area (Å²) >= 11 is 1.55. The van der Waals surface area contributed by atoms with Gasteiger partial charge in [-0.2, -0.15) is 0 Å². The Hall–Kier alpha value is -2.08. The van der Waals surface area contributed by atoms with E-state index < -0.39 is 0 Å². The zero-order valence-electron chi connectivity index (χ0n) is 15.3. The summed E-state index contributed by atoms with van der Waals surface area (Å²) in [6.07, 6.45) is 8.71. The van der Waals surface area contributed by atoms with E-state index >= 15 is 0 Å². The molecule has 0 bridgehead atoms. The number of hydrogen-bond acceptors (Lipinski definition) is 5. The second kappa shape index (κ2) is 6.82. The Labute approximate surface area is 163 Å². The van der Waals surface area contributed by atoms with E-state index in [-0.39, 0.29) is 11.3 Å². The van der Waals surface area contributed by atoms with Crippen molar-refractivity contribution in [1.29, 1.82) is 0 Å². The van der Waals surface area contributed by atoms with Crippen LogP contribution in [-0.4, -0.2) is 30.6 Å². The van der Waals surface area contributed by atoms with Crippen LogP contribution in [0.3, 0.4) is 0 Å². The van der Waals surface area contributed by atoms with Crippen molar-refractivity contribution in [3.63, 3.8) is 0 Å². The Morgan fingerprint density at radius 1 is 1.19 bits per heavy atom. The summed E-state index contributed by atoms with van der Waals surface area (Å²) in [6, 6.07) is 6.27. The lowest BCUT2D eigenvalue weighted by Crippen LogP contribution is -2.38. The third-order valence-corrected chi connectivity index (χ3v) is 7.14. The number of hydrogen-bond donors (Lipinski definition) is 1. The Kier molecular flexibility index (Phi) is 4.31. The van der Waals surface area contributed by atoms with Crippen molar-refractivity contribution in [2.45, 2.75) is 49.9 Å². The number of carbonyl (C=O) groups excluding carboxylic acids is 1. The van der Waals surface area contributed by atoms with E-state index in [0.29, 0.717) is 25.7 Å². The summed E-state index contributed by atoms with van der Waals surface area (Å²) in [5.41, 5.74) is 1.22. The number of rotatable bonds is 5. The normalized spacial score (nSPS) is 20.4. The Balaban J connectivity index is 1.33. The molecule has 0 unspecified atom stereocenters. The number of fused-ring (bicyclic) bond motifs is 1. The standard InChI is InChI=1S/C21H24N2O3S/c24-19(18-12-22-20(27-18)14-3-4-14)23-13-21(7-1-2-8-21)15-5-6-16-17(11-15)26-10-9-25-16/h5-6,11-12,14H,1-4,7-10,13H2,(H,23,24). The van der Waals surface area contributed by atoms with Crippen molar-refractivity contribution >= 4 is 17.2 Å². The fourth-order valence-corrected chi connectivity index (χ4v) is 5.24. The van der Waals surface area contributed by atoms with E-state index in [1.165, 1.54) is 31.2 Å². The minimum atomic E-state index is -0.0183. The van der Waals surface area contributed by atoms with Crippen LogP contribution in [0.25, 0.3) is 0 Å². The van der Waals surface area contributed by atoms with Crippen molar-refractivity contribution in [2.24, 2.45) is 0 Å². The van der Waals surface area contributed by atoms with Crippen molar-refractivity contribution in [3.05, 3.63) is 39.8 Å². The van der Waals surface area contributed by atoms with Gasteiger partial charge in [-0.1, -0.05) is 18.9 Å². The Morgan fingerprint density at radius 3 is 2.74 bits per heavy atom. The molecule has 1 amide bonds. The topological polar surface area (TPSA) is 60.5 Å². The highest BCUT2D eigenvalue weighted by atomic mass is 32.1. The smallest absolute Gasteiger partial charge is 0.263 e. The fourth-order valence-electron chi connectivity index (χ4n) is 4.24. The van der Waals surface area contributed by atoms with Gasteiger partial charge in [0.15, 0.2) is 11.5 Å². The minimum Gasteiger partial charge on any atom is -0.486 e. The highest BCUT2D eigenvalue weighted by Crippen LogP contribution is 2.44. The summed E-state index contributed by atoms with van der Waals surface area (Å²) in [7, 11) is 0. The van der Waals surface area contributed by atoms with Gasteiger partial charge in [-0.25, -0.2) is 4.98 Å². The summed E-state index contributed by atoms with van der Waals surface area (Å²) in [6.45, 7) is 1.85. The predicted octanol–water partition coefficient (Wildman–Crippen LogP) is 4.03. The third kappa shape index (κ3) is 3.31. The first-order chi connectivity index (χ1) is 13.2. The summed E-state index contributed by atoms with van der Waals surface area (Å²) in [5.74, 6) is 2.24.